The first-order valence-corrected chi connectivity index (χ1v) is 5.78. The van der Waals surface area contributed by atoms with Crippen LogP contribution in [-0.4, -0.2) is 6.54 Å². The average Bonchev–Trinajstić information content (AvgIpc) is 2.78. The van der Waals surface area contributed by atoms with Crippen molar-refractivity contribution in [1.82, 2.24) is 0 Å². The van der Waals surface area contributed by atoms with E-state index in [1.54, 1.807) is 12.1 Å². The molecule has 0 radical (unpaired) electrons. The van der Waals surface area contributed by atoms with Crippen LogP contribution in [0.3, 0.4) is 0 Å². The Balaban J connectivity index is 2.30. The normalized spacial score (nSPS) is 20.9. The highest BCUT2D eigenvalue weighted by Crippen LogP contribution is 2.49. The number of hydrogen-bond acceptors (Lipinski definition) is 1. The summed E-state index contributed by atoms with van der Waals surface area (Å²) in [5.41, 5.74) is 5.32. The molecule has 0 aromatic heterocycles. The molecule has 1 aromatic rings. The molecule has 0 aliphatic heterocycles. The number of halogens is 2. The molecule has 0 heterocycles. The van der Waals surface area contributed by atoms with E-state index < -0.39 is 17.4 Å². The molecule has 16 heavy (non-hydrogen) atoms. The minimum atomic E-state index is -1.28. The van der Waals surface area contributed by atoms with Crippen LogP contribution < -0.4 is 5.73 Å². The Morgan fingerprint density at radius 2 is 1.88 bits per heavy atom. The van der Waals surface area contributed by atoms with Crippen molar-refractivity contribution in [2.24, 2.45) is 11.1 Å². The van der Waals surface area contributed by atoms with Gasteiger partial charge in [-0.1, -0.05) is 31.0 Å². The quantitative estimate of drug-likeness (QED) is 0.838. The van der Waals surface area contributed by atoms with Crippen molar-refractivity contribution in [3.05, 3.63) is 35.6 Å². The zero-order valence-corrected chi connectivity index (χ0v) is 9.26. The molecule has 1 aromatic carbocycles. The van der Waals surface area contributed by atoms with E-state index in [0.29, 0.717) is 6.54 Å². The zero-order chi connectivity index (χ0) is 11.6. The maximum Gasteiger partial charge on any atom is 0.135 e. The fourth-order valence-corrected chi connectivity index (χ4v) is 2.65. The molecule has 1 nitrogen and oxygen atoms in total. The monoisotopic (exact) mass is 225 g/mol. The summed E-state index contributed by atoms with van der Waals surface area (Å²) < 4.78 is 28.0. The second-order valence-electron chi connectivity index (χ2n) is 4.66. The van der Waals surface area contributed by atoms with Crippen molar-refractivity contribution in [3.8, 4) is 0 Å². The SMILES string of the molecule is NCC1(C(F)c2ccccc2F)CCCC1. The van der Waals surface area contributed by atoms with Gasteiger partial charge in [0.25, 0.3) is 0 Å². The molecule has 2 rings (SSSR count). The molecule has 1 aliphatic rings. The van der Waals surface area contributed by atoms with Gasteiger partial charge in [-0.25, -0.2) is 8.78 Å². The lowest BCUT2D eigenvalue weighted by Gasteiger charge is -2.31. The van der Waals surface area contributed by atoms with Gasteiger partial charge in [0.1, 0.15) is 12.0 Å². The first-order chi connectivity index (χ1) is 7.69. The largest absolute Gasteiger partial charge is 0.330 e. The van der Waals surface area contributed by atoms with Crippen LogP contribution in [0.4, 0.5) is 8.78 Å². The lowest BCUT2D eigenvalue weighted by molar-refractivity contribution is 0.115. The van der Waals surface area contributed by atoms with E-state index >= 15 is 0 Å². The average molecular weight is 225 g/mol. The van der Waals surface area contributed by atoms with Crippen molar-refractivity contribution in [3.63, 3.8) is 0 Å². The lowest BCUT2D eigenvalue weighted by Crippen LogP contribution is -2.32. The van der Waals surface area contributed by atoms with Gasteiger partial charge in [-0.2, -0.15) is 0 Å². The summed E-state index contributed by atoms with van der Waals surface area (Å²) in [7, 11) is 0. The van der Waals surface area contributed by atoms with E-state index in [1.807, 2.05) is 0 Å². The van der Waals surface area contributed by atoms with Crippen LogP contribution in [0.2, 0.25) is 0 Å². The van der Waals surface area contributed by atoms with Crippen LogP contribution >= 0.6 is 0 Å². The van der Waals surface area contributed by atoms with Gasteiger partial charge in [0, 0.05) is 17.5 Å². The van der Waals surface area contributed by atoms with Crippen LogP contribution in [0.25, 0.3) is 0 Å². The highest BCUT2D eigenvalue weighted by atomic mass is 19.1. The zero-order valence-electron chi connectivity index (χ0n) is 9.26. The second kappa shape index (κ2) is 4.50. The van der Waals surface area contributed by atoms with Crippen molar-refractivity contribution in [2.45, 2.75) is 31.9 Å². The Hall–Kier alpha value is -0.960. The molecule has 1 fully saturated rings. The number of rotatable bonds is 3. The molecule has 1 atom stereocenters. The van der Waals surface area contributed by atoms with Gasteiger partial charge >= 0.3 is 0 Å². The van der Waals surface area contributed by atoms with Crippen molar-refractivity contribution in [2.75, 3.05) is 6.54 Å². The molecule has 3 heteroatoms. The third-order valence-corrected chi connectivity index (χ3v) is 3.72. The van der Waals surface area contributed by atoms with Crippen LogP contribution in [0.5, 0.6) is 0 Å². The van der Waals surface area contributed by atoms with Crippen molar-refractivity contribution >= 4 is 0 Å². The van der Waals surface area contributed by atoms with E-state index in [0.717, 1.165) is 25.7 Å². The van der Waals surface area contributed by atoms with Gasteiger partial charge in [0.05, 0.1) is 0 Å². The summed E-state index contributed by atoms with van der Waals surface area (Å²) >= 11 is 0. The molecule has 88 valence electrons. The Bertz CT molecular complexity index is 359. The predicted octanol–water partition coefficient (Wildman–Crippen LogP) is 3.36. The summed E-state index contributed by atoms with van der Waals surface area (Å²) in [5.74, 6) is -0.463. The van der Waals surface area contributed by atoms with Gasteiger partial charge in [-0.3, -0.25) is 0 Å². The molecule has 0 amide bonds. The highest BCUT2D eigenvalue weighted by Gasteiger charge is 2.42. The molecule has 1 unspecified atom stereocenters. The molecule has 1 saturated carbocycles. The molecule has 0 saturated heterocycles. The molecule has 0 spiro atoms. The van der Waals surface area contributed by atoms with E-state index in [4.69, 9.17) is 5.73 Å². The number of alkyl halides is 1. The number of benzene rings is 1. The van der Waals surface area contributed by atoms with Crippen molar-refractivity contribution in [1.29, 1.82) is 0 Å². The number of nitrogens with two attached hydrogens (primary N) is 1. The van der Waals surface area contributed by atoms with Crippen LogP contribution in [0, 0.1) is 11.2 Å². The summed E-state index contributed by atoms with van der Waals surface area (Å²) in [6.07, 6.45) is 2.23. The van der Waals surface area contributed by atoms with E-state index in [-0.39, 0.29) is 5.56 Å². The van der Waals surface area contributed by atoms with Gasteiger partial charge in [0.2, 0.25) is 0 Å². The Morgan fingerprint density at radius 1 is 1.25 bits per heavy atom. The smallest absolute Gasteiger partial charge is 0.135 e. The summed E-state index contributed by atoms with van der Waals surface area (Å²) in [6, 6.07) is 6.08. The van der Waals surface area contributed by atoms with Gasteiger partial charge in [-0.05, 0) is 18.9 Å². The van der Waals surface area contributed by atoms with E-state index in [9.17, 15) is 8.78 Å². The number of hydrogen-bond donors (Lipinski definition) is 1. The topological polar surface area (TPSA) is 26.0 Å². The Labute approximate surface area is 94.7 Å². The van der Waals surface area contributed by atoms with Crippen LogP contribution in [-0.2, 0) is 0 Å². The Kier molecular flexibility index (Phi) is 3.24. The third-order valence-electron chi connectivity index (χ3n) is 3.72. The molecule has 0 bridgehead atoms. The molecule has 1 aliphatic carbocycles. The maximum absolute atomic E-state index is 14.4. The fourth-order valence-electron chi connectivity index (χ4n) is 2.65. The molecule has 2 N–H and O–H groups in total. The van der Waals surface area contributed by atoms with Crippen LogP contribution in [0.1, 0.15) is 37.4 Å². The minimum absolute atomic E-state index is 0.162. The first kappa shape index (κ1) is 11.5. The summed E-state index contributed by atoms with van der Waals surface area (Å²) in [5, 5.41) is 0. The van der Waals surface area contributed by atoms with Crippen molar-refractivity contribution < 1.29 is 8.78 Å². The standard InChI is InChI=1S/C13H17F2N/c14-11-6-2-1-5-10(11)12(15)13(9-16)7-3-4-8-13/h1-2,5-6,12H,3-4,7-9,16H2. The second-order valence-corrected chi connectivity index (χ2v) is 4.66. The summed E-state index contributed by atoms with van der Waals surface area (Å²) in [6.45, 7) is 0.294. The van der Waals surface area contributed by atoms with Crippen LogP contribution in [0.15, 0.2) is 24.3 Å². The van der Waals surface area contributed by atoms with E-state index in [1.165, 1.54) is 12.1 Å². The summed E-state index contributed by atoms with van der Waals surface area (Å²) in [4.78, 5) is 0. The molecular weight excluding hydrogens is 208 g/mol. The lowest BCUT2D eigenvalue weighted by atomic mass is 9.78. The van der Waals surface area contributed by atoms with Gasteiger partial charge in [0.15, 0.2) is 0 Å². The minimum Gasteiger partial charge on any atom is -0.330 e. The van der Waals surface area contributed by atoms with Gasteiger partial charge < -0.3 is 5.73 Å². The van der Waals surface area contributed by atoms with Gasteiger partial charge in [-0.15, -0.1) is 0 Å². The maximum atomic E-state index is 14.4. The Morgan fingerprint density at radius 3 is 2.44 bits per heavy atom. The van der Waals surface area contributed by atoms with E-state index in [2.05, 4.69) is 0 Å². The highest BCUT2D eigenvalue weighted by molar-refractivity contribution is 5.22. The first-order valence-electron chi connectivity index (χ1n) is 5.78. The fraction of sp³-hybridized carbons (Fsp3) is 0.538. The third kappa shape index (κ3) is 1.84. The molecular formula is C13H17F2N. The predicted molar refractivity (Wildman–Crippen MR) is 60.2 cm³/mol.